The van der Waals surface area contributed by atoms with Crippen LogP contribution < -0.4 is 10.6 Å². The molecular weight excluding hydrogens is 348 g/mol. The number of piperazine rings is 1. The molecule has 2 amide bonds. The smallest absolute Gasteiger partial charge is 0.241 e. The van der Waals surface area contributed by atoms with Crippen LogP contribution in [0, 0.1) is 0 Å². The van der Waals surface area contributed by atoms with Crippen molar-refractivity contribution < 1.29 is 14.3 Å². The summed E-state index contributed by atoms with van der Waals surface area (Å²) in [4.78, 5) is 34.9. The molecule has 0 bridgehead atoms. The van der Waals surface area contributed by atoms with Gasteiger partial charge in [0.25, 0.3) is 0 Å². The largest absolute Gasteiger partial charge is 0.383 e. The maximum atomic E-state index is 12.3. The average molecular weight is 383 g/mol. The molecule has 0 unspecified atom stereocenters. The number of likely N-dealkylation sites (tertiary alicyclic amines) is 1. The molecule has 2 saturated heterocycles. The van der Waals surface area contributed by atoms with Crippen LogP contribution in [0.2, 0.25) is 0 Å². The second-order valence-electron chi connectivity index (χ2n) is 6.86. The van der Waals surface area contributed by atoms with Crippen molar-refractivity contribution in [3.63, 3.8) is 0 Å². The second-order valence-corrected chi connectivity index (χ2v) is 6.86. The molecule has 0 atom stereocenters. The van der Waals surface area contributed by atoms with E-state index in [1.165, 1.54) is 0 Å². The van der Waals surface area contributed by atoms with Crippen molar-refractivity contribution in [3.8, 4) is 0 Å². The Morgan fingerprint density at radius 3 is 2.33 bits per heavy atom. The molecule has 0 aromatic heterocycles. The van der Waals surface area contributed by atoms with Gasteiger partial charge in [-0.05, 0) is 19.8 Å². The topological polar surface area (TPSA) is 89.5 Å². The summed E-state index contributed by atoms with van der Waals surface area (Å²) >= 11 is 0. The van der Waals surface area contributed by atoms with E-state index in [0.29, 0.717) is 19.7 Å². The molecule has 0 spiro atoms. The Morgan fingerprint density at radius 1 is 1.00 bits per heavy atom. The lowest BCUT2D eigenvalue weighted by Gasteiger charge is -2.36. The van der Waals surface area contributed by atoms with Crippen molar-refractivity contribution in [2.75, 3.05) is 79.2 Å². The molecule has 0 saturated carbocycles. The number of aliphatic imine (C=N–C) groups is 1. The van der Waals surface area contributed by atoms with Gasteiger partial charge in [-0.25, -0.2) is 4.99 Å². The Hall–Kier alpha value is -1.87. The van der Waals surface area contributed by atoms with E-state index in [1.54, 1.807) is 7.11 Å². The third-order valence-electron chi connectivity index (χ3n) is 4.83. The third kappa shape index (κ3) is 7.34. The summed E-state index contributed by atoms with van der Waals surface area (Å²) in [6.45, 7) is 9.40. The number of guanidine groups is 1. The number of carbonyl (C=O) groups is 2. The minimum Gasteiger partial charge on any atom is -0.383 e. The fraction of sp³-hybridized carbons (Fsp3) is 0.833. The van der Waals surface area contributed by atoms with E-state index in [-0.39, 0.29) is 18.4 Å². The van der Waals surface area contributed by atoms with Crippen LogP contribution in [-0.4, -0.2) is 112 Å². The van der Waals surface area contributed by atoms with Crippen molar-refractivity contribution in [3.05, 3.63) is 0 Å². The van der Waals surface area contributed by atoms with Crippen LogP contribution in [0.15, 0.2) is 4.99 Å². The van der Waals surface area contributed by atoms with Gasteiger partial charge in [0.15, 0.2) is 5.96 Å². The lowest BCUT2D eigenvalue weighted by atomic mass is 10.3. The van der Waals surface area contributed by atoms with Gasteiger partial charge in [-0.15, -0.1) is 0 Å². The van der Waals surface area contributed by atoms with Gasteiger partial charge in [-0.2, -0.15) is 0 Å². The number of nitrogens with one attached hydrogen (secondary N) is 2. The average Bonchev–Trinajstić information content (AvgIpc) is 3.21. The van der Waals surface area contributed by atoms with Crippen LogP contribution in [0.1, 0.15) is 19.8 Å². The van der Waals surface area contributed by atoms with Crippen LogP contribution in [0.4, 0.5) is 0 Å². The minimum absolute atomic E-state index is 0.0969. The van der Waals surface area contributed by atoms with Gasteiger partial charge >= 0.3 is 0 Å². The number of hydrogen-bond acceptors (Lipinski definition) is 5. The zero-order chi connectivity index (χ0) is 19.5. The first-order valence-corrected chi connectivity index (χ1v) is 9.93. The van der Waals surface area contributed by atoms with E-state index in [0.717, 1.165) is 64.6 Å². The highest BCUT2D eigenvalue weighted by atomic mass is 16.5. The van der Waals surface area contributed by atoms with Crippen molar-refractivity contribution in [2.24, 2.45) is 4.99 Å². The zero-order valence-electron chi connectivity index (χ0n) is 16.7. The molecule has 0 radical (unpaired) electrons. The van der Waals surface area contributed by atoms with Crippen LogP contribution in [-0.2, 0) is 14.3 Å². The Balaban J connectivity index is 1.76. The van der Waals surface area contributed by atoms with E-state index in [4.69, 9.17) is 4.74 Å². The van der Waals surface area contributed by atoms with Gasteiger partial charge in [0.1, 0.15) is 6.54 Å². The number of ether oxygens (including phenoxy) is 1. The second kappa shape index (κ2) is 11.8. The van der Waals surface area contributed by atoms with Gasteiger partial charge in [0, 0.05) is 59.5 Å². The third-order valence-corrected chi connectivity index (χ3v) is 4.83. The summed E-state index contributed by atoms with van der Waals surface area (Å²) in [7, 11) is 1.60. The Bertz CT molecular complexity index is 499. The zero-order valence-corrected chi connectivity index (χ0v) is 16.7. The first-order valence-electron chi connectivity index (χ1n) is 9.93. The molecular formula is C18H34N6O3. The number of methoxy groups -OCH3 is 1. The quantitative estimate of drug-likeness (QED) is 0.317. The molecule has 9 heteroatoms. The molecule has 2 heterocycles. The van der Waals surface area contributed by atoms with Crippen molar-refractivity contribution in [2.45, 2.75) is 19.8 Å². The predicted molar refractivity (Wildman–Crippen MR) is 105 cm³/mol. The molecule has 2 aliphatic rings. The van der Waals surface area contributed by atoms with E-state index in [1.807, 2.05) is 11.8 Å². The lowest BCUT2D eigenvalue weighted by Crippen LogP contribution is -2.54. The van der Waals surface area contributed by atoms with Crippen molar-refractivity contribution in [1.29, 1.82) is 0 Å². The molecule has 0 aromatic rings. The Kier molecular flexibility index (Phi) is 9.34. The standard InChI is InChI=1S/C18H34N6O3/c1-3-19-18(21-14-16(25)20-6-13-27-2)24-11-9-22(10-12-24)15-17(26)23-7-4-5-8-23/h3-15H2,1-2H3,(H,19,21)(H,20,25). The fourth-order valence-corrected chi connectivity index (χ4v) is 3.30. The predicted octanol–water partition coefficient (Wildman–Crippen LogP) is -1.05. The molecule has 27 heavy (non-hydrogen) atoms. The van der Waals surface area contributed by atoms with Gasteiger partial charge in [-0.1, -0.05) is 0 Å². The number of carbonyl (C=O) groups excluding carboxylic acids is 2. The van der Waals surface area contributed by atoms with Gasteiger partial charge in [0.2, 0.25) is 11.8 Å². The molecule has 2 N–H and O–H groups in total. The highest BCUT2D eigenvalue weighted by molar-refractivity contribution is 5.85. The molecule has 9 nitrogen and oxygen atoms in total. The summed E-state index contributed by atoms with van der Waals surface area (Å²) in [6.07, 6.45) is 2.25. The van der Waals surface area contributed by atoms with Crippen LogP contribution in [0.5, 0.6) is 0 Å². The van der Waals surface area contributed by atoms with Gasteiger partial charge < -0.3 is 25.2 Å². The lowest BCUT2D eigenvalue weighted by molar-refractivity contribution is -0.131. The van der Waals surface area contributed by atoms with Crippen LogP contribution in [0.3, 0.4) is 0 Å². The molecule has 2 rings (SSSR count). The number of amides is 2. The highest BCUT2D eigenvalue weighted by Gasteiger charge is 2.24. The highest BCUT2D eigenvalue weighted by Crippen LogP contribution is 2.09. The number of rotatable bonds is 8. The monoisotopic (exact) mass is 382 g/mol. The van der Waals surface area contributed by atoms with E-state index in [9.17, 15) is 9.59 Å². The normalized spacial score (nSPS) is 18.7. The van der Waals surface area contributed by atoms with Crippen LogP contribution >= 0.6 is 0 Å². The van der Waals surface area contributed by atoms with E-state index < -0.39 is 0 Å². The summed E-state index contributed by atoms with van der Waals surface area (Å²) < 4.78 is 4.92. The van der Waals surface area contributed by atoms with Gasteiger partial charge in [-0.3, -0.25) is 14.5 Å². The number of nitrogens with zero attached hydrogens (tertiary/aromatic N) is 4. The van der Waals surface area contributed by atoms with E-state index >= 15 is 0 Å². The van der Waals surface area contributed by atoms with E-state index in [2.05, 4.69) is 25.4 Å². The SMILES string of the molecule is CCNC(=NCC(=O)NCCOC)N1CCN(CC(=O)N2CCCC2)CC1. The molecule has 0 aliphatic carbocycles. The summed E-state index contributed by atoms with van der Waals surface area (Å²) in [5.74, 6) is 0.886. The molecule has 0 aromatic carbocycles. The summed E-state index contributed by atoms with van der Waals surface area (Å²) in [5, 5.41) is 6.02. The van der Waals surface area contributed by atoms with Gasteiger partial charge in [0.05, 0.1) is 13.2 Å². The maximum Gasteiger partial charge on any atom is 0.241 e. The first-order chi connectivity index (χ1) is 13.1. The fourth-order valence-electron chi connectivity index (χ4n) is 3.30. The molecule has 2 aliphatic heterocycles. The summed E-state index contributed by atoms with van der Waals surface area (Å²) in [5.41, 5.74) is 0. The Labute approximate surface area is 162 Å². The summed E-state index contributed by atoms with van der Waals surface area (Å²) in [6, 6.07) is 0. The molecule has 2 fully saturated rings. The maximum absolute atomic E-state index is 12.3. The molecule has 154 valence electrons. The minimum atomic E-state index is -0.114. The van der Waals surface area contributed by atoms with Crippen LogP contribution in [0.25, 0.3) is 0 Å². The van der Waals surface area contributed by atoms with Crippen molar-refractivity contribution in [1.82, 2.24) is 25.3 Å². The Morgan fingerprint density at radius 2 is 1.70 bits per heavy atom. The van der Waals surface area contributed by atoms with Crippen molar-refractivity contribution >= 4 is 17.8 Å². The number of hydrogen-bond donors (Lipinski definition) is 2. The first kappa shape index (κ1) is 21.4.